The molecule has 2 nitrogen and oxygen atoms in total. The normalized spacial score (nSPS) is 12.0. The second-order valence-electron chi connectivity index (χ2n) is 3.20. The molecule has 1 aromatic rings. The van der Waals surface area contributed by atoms with Gasteiger partial charge in [-0.15, -0.1) is 12.4 Å². The number of rotatable bonds is 4. The molecule has 0 bridgehead atoms. The predicted molar refractivity (Wildman–Crippen MR) is 71.6 cm³/mol. The van der Waals surface area contributed by atoms with Crippen LogP contribution in [0.1, 0.15) is 24.4 Å². The van der Waals surface area contributed by atoms with Crippen molar-refractivity contribution in [3.05, 3.63) is 33.3 Å². The van der Waals surface area contributed by atoms with Crippen molar-refractivity contribution >= 4 is 39.9 Å². The maximum atomic E-state index is 6.06. The van der Waals surface area contributed by atoms with Gasteiger partial charge in [-0.1, -0.05) is 33.6 Å². The minimum atomic E-state index is -0.0147. The zero-order chi connectivity index (χ0) is 10.6. The molecule has 86 valence electrons. The van der Waals surface area contributed by atoms with Crippen LogP contribution in [0, 0.1) is 0 Å². The maximum absolute atomic E-state index is 6.06. The number of hydrogen-bond acceptors (Lipinski definition) is 2. The van der Waals surface area contributed by atoms with Crippen LogP contribution in [-0.2, 0) is 0 Å². The maximum Gasteiger partial charge on any atom is 0.0464 e. The molecule has 15 heavy (non-hydrogen) atoms. The van der Waals surface area contributed by atoms with E-state index in [0.29, 0.717) is 11.6 Å². The van der Waals surface area contributed by atoms with Crippen LogP contribution in [0.15, 0.2) is 22.7 Å². The Morgan fingerprint density at radius 2 is 2.07 bits per heavy atom. The third-order valence-electron chi connectivity index (χ3n) is 2.08. The largest absolute Gasteiger partial charge is 0.330 e. The molecule has 0 aliphatic carbocycles. The van der Waals surface area contributed by atoms with Crippen LogP contribution in [0.5, 0.6) is 0 Å². The van der Waals surface area contributed by atoms with E-state index >= 15 is 0 Å². The molecule has 1 aromatic carbocycles. The first-order valence-electron chi connectivity index (χ1n) is 4.55. The molecule has 0 amide bonds. The lowest BCUT2D eigenvalue weighted by molar-refractivity contribution is 0.618. The molecule has 0 spiro atoms. The van der Waals surface area contributed by atoms with E-state index in [0.717, 1.165) is 22.9 Å². The number of nitrogens with two attached hydrogens (primary N) is 2. The van der Waals surface area contributed by atoms with Gasteiger partial charge >= 0.3 is 0 Å². The lowest BCUT2D eigenvalue weighted by Crippen LogP contribution is -2.12. The Bertz CT molecular complexity index is 307. The summed E-state index contributed by atoms with van der Waals surface area (Å²) in [7, 11) is 0. The lowest BCUT2D eigenvalue weighted by atomic mass is 10.0. The van der Waals surface area contributed by atoms with Crippen LogP contribution in [0.4, 0.5) is 0 Å². The van der Waals surface area contributed by atoms with Gasteiger partial charge in [0.2, 0.25) is 0 Å². The summed E-state index contributed by atoms with van der Waals surface area (Å²) >= 11 is 9.41. The number of hydrogen-bond donors (Lipinski definition) is 2. The lowest BCUT2D eigenvalue weighted by Gasteiger charge is -2.13. The summed E-state index contributed by atoms with van der Waals surface area (Å²) in [5, 5.41) is 0.712. The topological polar surface area (TPSA) is 52.0 Å². The first kappa shape index (κ1) is 15.2. The molecular weight excluding hydrogens is 299 g/mol. The van der Waals surface area contributed by atoms with Crippen molar-refractivity contribution < 1.29 is 0 Å². The average Bonchev–Trinajstić information content (AvgIpc) is 2.14. The van der Waals surface area contributed by atoms with Gasteiger partial charge in [-0.05, 0) is 37.1 Å². The molecule has 0 unspecified atom stereocenters. The second-order valence-corrected chi connectivity index (χ2v) is 4.53. The fraction of sp³-hybridized carbons (Fsp3) is 0.400. The van der Waals surface area contributed by atoms with Crippen molar-refractivity contribution in [2.45, 2.75) is 18.9 Å². The molecule has 0 fully saturated rings. The van der Waals surface area contributed by atoms with Crippen molar-refractivity contribution in [1.29, 1.82) is 0 Å². The zero-order valence-electron chi connectivity index (χ0n) is 8.25. The SMILES string of the molecule is Cl.NCCC[C@H](N)c1ccc(Br)cc1Cl. The summed E-state index contributed by atoms with van der Waals surface area (Å²) in [5.41, 5.74) is 12.4. The van der Waals surface area contributed by atoms with E-state index in [-0.39, 0.29) is 18.4 Å². The second kappa shape index (κ2) is 7.47. The Morgan fingerprint density at radius 1 is 1.40 bits per heavy atom. The van der Waals surface area contributed by atoms with E-state index in [1.165, 1.54) is 0 Å². The van der Waals surface area contributed by atoms with Gasteiger partial charge in [0, 0.05) is 15.5 Å². The highest BCUT2D eigenvalue weighted by Crippen LogP contribution is 2.27. The van der Waals surface area contributed by atoms with Crippen molar-refractivity contribution in [3.63, 3.8) is 0 Å². The van der Waals surface area contributed by atoms with Crippen molar-refractivity contribution in [2.24, 2.45) is 11.5 Å². The Morgan fingerprint density at radius 3 is 2.60 bits per heavy atom. The van der Waals surface area contributed by atoms with Gasteiger partial charge in [0.05, 0.1) is 0 Å². The van der Waals surface area contributed by atoms with Crippen LogP contribution in [-0.4, -0.2) is 6.54 Å². The predicted octanol–water partition coefficient (Wildman–Crippen LogP) is 3.26. The summed E-state index contributed by atoms with van der Waals surface area (Å²) in [4.78, 5) is 0. The van der Waals surface area contributed by atoms with Crippen LogP contribution in [0.25, 0.3) is 0 Å². The molecule has 0 aliphatic heterocycles. The van der Waals surface area contributed by atoms with E-state index < -0.39 is 0 Å². The van der Waals surface area contributed by atoms with E-state index in [1.54, 1.807) is 0 Å². The highest BCUT2D eigenvalue weighted by molar-refractivity contribution is 9.10. The zero-order valence-corrected chi connectivity index (χ0v) is 11.4. The van der Waals surface area contributed by atoms with Crippen molar-refractivity contribution in [3.8, 4) is 0 Å². The van der Waals surface area contributed by atoms with Gasteiger partial charge in [0.25, 0.3) is 0 Å². The molecule has 0 saturated carbocycles. The standard InChI is InChI=1S/C10H14BrClN2.ClH/c11-7-3-4-8(9(12)6-7)10(14)2-1-5-13;/h3-4,6,10H,1-2,5,13-14H2;1H/t10-;/m0./s1. The molecule has 1 rings (SSSR count). The Labute approximate surface area is 110 Å². The molecule has 4 N–H and O–H groups in total. The van der Waals surface area contributed by atoms with E-state index in [1.807, 2.05) is 18.2 Å². The average molecular weight is 314 g/mol. The Balaban J connectivity index is 0.00000196. The van der Waals surface area contributed by atoms with Crippen LogP contribution < -0.4 is 11.5 Å². The smallest absolute Gasteiger partial charge is 0.0464 e. The van der Waals surface area contributed by atoms with Gasteiger partial charge in [-0.25, -0.2) is 0 Å². The van der Waals surface area contributed by atoms with E-state index in [2.05, 4.69) is 15.9 Å². The Hall–Kier alpha value is 0.200. The quantitative estimate of drug-likeness (QED) is 0.896. The summed E-state index contributed by atoms with van der Waals surface area (Å²) in [6.07, 6.45) is 1.80. The highest BCUT2D eigenvalue weighted by Gasteiger charge is 2.09. The first-order valence-corrected chi connectivity index (χ1v) is 5.73. The van der Waals surface area contributed by atoms with Gasteiger partial charge in [0.1, 0.15) is 0 Å². The number of halogens is 3. The molecule has 0 saturated heterocycles. The molecule has 0 aliphatic rings. The minimum Gasteiger partial charge on any atom is -0.330 e. The molecule has 0 radical (unpaired) electrons. The van der Waals surface area contributed by atoms with Crippen LogP contribution in [0.2, 0.25) is 5.02 Å². The fourth-order valence-electron chi connectivity index (χ4n) is 1.30. The van der Waals surface area contributed by atoms with Gasteiger partial charge in [-0.2, -0.15) is 0 Å². The monoisotopic (exact) mass is 312 g/mol. The van der Waals surface area contributed by atoms with Gasteiger partial charge < -0.3 is 11.5 Å². The van der Waals surface area contributed by atoms with Crippen LogP contribution >= 0.6 is 39.9 Å². The summed E-state index contributed by atoms with van der Waals surface area (Å²) in [6.45, 7) is 0.668. The molecule has 0 heterocycles. The minimum absolute atomic E-state index is 0. The van der Waals surface area contributed by atoms with Gasteiger partial charge in [-0.3, -0.25) is 0 Å². The molecule has 1 atom stereocenters. The van der Waals surface area contributed by atoms with E-state index in [4.69, 9.17) is 23.1 Å². The summed E-state index contributed by atoms with van der Waals surface area (Å²) in [6, 6.07) is 5.75. The van der Waals surface area contributed by atoms with Gasteiger partial charge in [0.15, 0.2) is 0 Å². The summed E-state index contributed by atoms with van der Waals surface area (Å²) in [5.74, 6) is 0. The third kappa shape index (κ3) is 4.70. The first-order chi connectivity index (χ1) is 6.65. The highest BCUT2D eigenvalue weighted by atomic mass is 79.9. The molecule has 0 aromatic heterocycles. The van der Waals surface area contributed by atoms with Crippen molar-refractivity contribution in [2.75, 3.05) is 6.54 Å². The van der Waals surface area contributed by atoms with Crippen LogP contribution in [0.3, 0.4) is 0 Å². The Kier molecular flexibility index (Phi) is 7.57. The molecule has 5 heteroatoms. The summed E-state index contributed by atoms with van der Waals surface area (Å²) < 4.78 is 0.970. The fourth-order valence-corrected chi connectivity index (χ4v) is 2.11. The molecular formula is C10H15BrCl2N2. The van der Waals surface area contributed by atoms with Crippen molar-refractivity contribution in [1.82, 2.24) is 0 Å². The van der Waals surface area contributed by atoms with E-state index in [9.17, 15) is 0 Å². The third-order valence-corrected chi connectivity index (χ3v) is 2.90. The number of benzene rings is 1.